The predicted octanol–water partition coefficient (Wildman–Crippen LogP) is 0.877. The summed E-state index contributed by atoms with van der Waals surface area (Å²) in [6.45, 7) is 1.09. The van der Waals surface area contributed by atoms with Crippen molar-refractivity contribution in [2.45, 2.75) is 24.9 Å². The quantitative estimate of drug-likeness (QED) is 0.254. The van der Waals surface area contributed by atoms with Gasteiger partial charge >= 0.3 is 0 Å². The maximum Gasteiger partial charge on any atom is 0.147 e. The number of benzene rings is 1. The molecule has 0 saturated heterocycles. The van der Waals surface area contributed by atoms with Gasteiger partial charge in [-0.2, -0.15) is 0 Å². The normalized spacial score (nSPS) is 19.1. The van der Waals surface area contributed by atoms with Gasteiger partial charge in [0.1, 0.15) is 5.84 Å². The lowest BCUT2D eigenvalue weighted by molar-refractivity contribution is 0.149. The van der Waals surface area contributed by atoms with Crippen molar-refractivity contribution in [1.82, 2.24) is 5.32 Å². The summed E-state index contributed by atoms with van der Waals surface area (Å²) in [6, 6.07) is 9.67. The zero-order valence-corrected chi connectivity index (χ0v) is 10.9. The summed E-state index contributed by atoms with van der Waals surface area (Å²) in [5.74, 6) is 0.448. The van der Waals surface area contributed by atoms with Gasteiger partial charge in [-0.15, -0.1) is 0 Å². The molecule has 0 radical (unpaired) electrons. The van der Waals surface area contributed by atoms with Crippen LogP contribution >= 0.6 is 0 Å². The first-order valence-corrected chi connectivity index (χ1v) is 6.63. The number of aliphatic hydroxyl groups is 1. The van der Waals surface area contributed by atoms with E-state index in [9.17, 15) is 5.11 Å². The van der Waals surface area contributed by atoms with Gasteiger partial charge in [-0.05, 0) is 24.3 Å². The molecule has 1 aromatic rings. The fraction of sp³-hybridized carbons (Fsp3) is 0.500. The second kappa shape index (κ2) is 6.54. The lowest BCUT2D eigenvalue weighted by Crippen LogP contribution is -2.36. The molecule has 0 spiro atoms. The summed E-state index contributed by atoms with van der Waals surface area (Å²) in [5, 5.41) is 25.0. The summed E-state index contributed by atoms with van der Waals surface area (Å²) < 4.78 is 0. The van der Waals surface area contributed by atoms with Crippen molar-refractivity contribution >= 4 is 5.84 Å². The van der Waals surface area contributed by atoms with Crippen LogP contribution in [0.3, 0.4) is 0 Å². The van der Waals surface area contributed by atoms with Crippen LogP contribution in [-0.2, 0) is 0 Å². The fourth-order valence-corrected chi connectivity index (χ4v) is 2.17. The lowest BCUT2D eigenvalue weighted by atomic mass is 9.98. The minimum Gasteiger partial charge on any atom is -0.409 e. The molecule has 2 atom stereocenters. The summed E-state index contributed by atoms with van der Waals surface area (Å²) in [5.41, 5.74) is 6.73. The molecule has 0 heterocycles. The third kappa shape index (κ3) is 3.94. The van der Waals surface area contributed by atoms with E-state index in [1.165, 1.54) is 0 Å². The number of rotatable bonds is 7. The van der Waals surface area contributed by atoms with Gasteiger partial charge in [-0.25, -0.2) is 0 Å². The molecule has 5 nitrogen and oxygen atoms in total. The highest BCUT2D eigenvalue weighted by Crippen LogP contribution is 2.32. The second-order valence-corrected chi connectivity index (χ2v) is 5.05. The third-order valence-electron chi connectivity index (χ3n) is 3.54. The molecular formula is C14H21N3O2. The molecule has 1 fully saturated rings. The number of hydrogen-bond acceptors (Lipinski definition) is 4. The summed E-state index contributed by atoms with van der Waals surface area (Å²) in [7, 11) is 0. The topological polar surface area (TPSA) is 90.9 Å². The van der Waals surface area contributed by atoms with Crippen LogP contribution < -0.4 is 11.1 Å². The molecule has 5 N–H and O–H groups in total. The van der Waals surface area contributed by atoms with Gasteiger partial charge in [-0.1, -0.05) is 35.5 Å². The van der Waals surface area contributed by atoms with Crippen molar-refractivity contribution < 1.29 is 10.3 Å². The highest BCUT2D eigenvalue weighted by molar-refractivity contribution is 5.87. The number of amidine groups is 1. The number of nitrogens with zero attached hydrogens (tertiary/aromatic N) is 1. The maximum atomic E-state index is 9.79. The van der Waals surface area contributed by atoms with E-state index in [0.29, 0.717) is 19.0 Å². The molecule has 0 bridgehead atoms. The van der Waals surface area contributed by atoms with E-state index in [1.54, 1.807) is 0 Å². The Labute approximate surface area is 113 Å². The van der Waals surface area contributed by atoms with Gasteiger partial charge in [-0.3, -0.25) is 0 Å². The molecule has 2 rings (SSSR count). The Morgan fingerprint density at radius 3 is 2.58 bits per heavy atom. The highest BCUT2D eigenvalue weighted by atomic mass is 16.4. The molecular weight excluding hydrogens is 242 g/mol. The van der Waals surface area contributed by atoms with Crippen LogP contribution in [0.4, 0.5) is 0 Å². The van der Waals surface area contributed by atoms with Crippen LogP contribution in [0.15, 0.2) is 35.5 Å². The van der Waals surface area contributed by atoms with Crippen LogP contribution in [0.2, 0.25) is 0 Å². The minimum absolute atomic E-state index is 0.180. The van der Waals surface area contributed by atoms with Crippen LogP contribution in [0.5, 0.6) is 0 Å². The van der Waals surface area contributed by atoms with Gasteiger partial charge in [0, 0.05) is 13.1 Å². The summed E-state index contributed by atoms with van der Waals surface area (Å²) >= 11 is 0. The highest BCUT2D eigenvalue weighted by Gasteiger charge is 2.29. The molecule has 0 aliphatic heterocycles. The Balaban J connectivity index is 1.91. The van der Waals surface area contributed by atoms with Crippen molar-refractivity contribution in [3.05, 3.63) is 35.9 Å². The number of oxime groups is 1. The molecule has 19 heavy (non-hydrogen) atoms. The average molecular weight is 263 g/mol. The number of nitrogens with two attached hydrogens (primary N) is 1. The Hall–Kier alpha value is -1.59. The van der Waals surface area contributed by atoms with Crippen LogP contribution in [0.1, 0.15) is 24.3 Å². The van der Waals surface area contributed by atoms with Crippen molar-refractivity contribution in [1.29, 1.82) is 0 Å². The molecule has 0 aromatic heterocycles. The molecule has 1 aliphatic carbocycles. The molecule has 5 heteroatoms. The third-order valence-corrected chi connectivity index (χ3v) is 3.54. The zero-order valence-electron chi connectivity index (χ0n) is 10.9. The first kappa shape index (κ1) is 13.8. The first-order valence-electron chi connectivity index (χ1n) is 6.63. The van der Waals surface area contributed by atoms with Gasteiger partial charge in [0.05, 0.1) is 12.0 Å². The van der Waals surface area contributed by atoms with Gasteiger partial charge in [0.15, 0.2) is 0 Å². The maximum absolute atomic E-state index is 9.79. The van der Waals surface area contributed by atoms with Crippen molar-refractivity contribution in [3.63, 3.8) is 0 Å². The summed E-state index contributed by atoms with van der Waals surface area (Å²) in [4.78, 5) is 0. The average Bonchev–Trinajstić information content (AvgIpc) is 3.28. The standard InChI is InChI=1S/C14H21N3O2/c15-14(17-19)12(10-4-2-1-3-5-10)8-16-9-13(18)11-6-7-11/h1-5,11-13,16,18-19H,6-9H2,(H2,15,17). The Morgan fingerprint density at radius 2 is 2.00 bits per heavy atom. The second-order valence-electron chi connectivity index (χ2n) is 5.05. The monoisotopic (exact) mass is 263 g/mol. The largest absolute Gasteiger partial charge is 0.409 e. The van der Waals surface area contributed by atoms with E-state index in [-0.39, 0.29) is 17.9 Å². The minimum atomic E-state index is -0.288. The number of nitrogens with one attached hydrogen (secondary N) is 1. The molecule has 1 saturated carbocycles. The SMILES string of the molecule is NC(=NO)C(CNCC(O)C1CC1)c1ccccc1. The molecule has 1 aromatic carbocycles. The van der Waals surface area contributed by atoms with E-state index in [0.717, 1.165) is 18.4 Å². The molecule has 1 aliphatic rings. The molecule has 104 valence electrons. The van der Waals surface area contributed by atoms with Crippen LogP contribution in [0, 0.1) is 5.92 Å². The molecule has 0 amide bonds. The van der Waals surface area contributed by atoms with Crippen molar-refractivity contribution in [2.75, 3.05) is 13.1 Å². The zero-order chi connectivity index (χ0) is 13.7. The van der Waals surface area contributed by atoms with E-state index < -0.39 is 0 Å². The van der Waals surface area contributed by atoms with E-state index in [1.807, 2.05) is 30.3 Å². The van der Waals surface area contributed by atoms with Gasteiger partial charge < -0.3 is 21.4 Å². The first-order chi connectivity index (χ1) is 9.22. The van der Waals surface area contributed by atoms with E-state index >= 15 is 0 Å². The van der Waals surface area contributed by atoms with Gasteiger partial charge in [0.25, 0.3) is 0 Å². The Bertz CT molecular complexity index is 418. The van der Waals surface area contributed by atoms with E-state index in [2.05, 4.69) is 10.5 Å². The lowest BCUT2D eigenvalue weighted by Gasteiger charge is -2.18. The Morgan fingerprint density at radius 1 is 1.32 bits per heavy atom. The predicted molar refractivity (Wildman–Crippen MR) is 74.2 cm³/mol. The number of aliphatic hydroxyl groups excluding tert-OH is 1. The number of hydrogen-bond donors (Lipinski definition) is 4. The van der Waals surface area contributed by atoms with Gasteiger partial charge in [0.2, 0.25) is 0 Å². The summed E-state index contributed by atoms with van der Waals surface area (Å²) in [6.07, 6.45) is 1.94. The fourth-order valence-electron chi connectivity index (χ4n) is 2.17. The van der Waals surface area contributed by atoms with Crippen molar-refractivity contribution in [3.8, 4) is 0 Å². The van der Waals surface area contributed by atoms with Crippen molar-refractivity contribution in [2.24, 2.45) is 16.8 Å². The van der Waals surface area contributed by atoms with Crippen LogP contribution in [0.25, 0.3) is 0 Å². The smallest absolute Gasteiger partial charge is 0.147 e. The van der Waals surface area contributed by atoms with E-state index in [4.69, 9.17) is 10.9 Å². The molecule has 2 unspecified atom stereocenters. The van der Waals surface area contributed by atoms with Crippen LogP contribution in [-0.4, -0.2) is 35.3 Å². The Kier molecular flexibility index (Phi) is 4.76.